The summed E-state index contributed by atoms with van der Waals surface area (Å²) in [7, 11) is 0. The molecule has 1 amide bonds. The first-order valence-corrected chi connectivity index (χ1v) is 5.90. The van der Waals surface area contributed by atoms with Crippen LogP contribution < -0.4 is 10.9 Å². The lowest BCUT2D eigenvalue weighted by Gasteiger charge is -2.14. The number of carbonyl (C=O) groups excluding carboxylic acids is 1. The largest absolute Gasteiger partial charge is 0.465 e. The van der Waals surface area contributed by atoms with Crippen molar-refractivity contribution in [3.63, 3.8) is 0 Å². The molecule has 0 spiro atoms. The molecule has 1 aromatic heterocycles. The summed E-state index contributed by atoms with van der Waals surface area (Å²) < 4.78 is 43.2. The molecule has 2 aromatic rings. The maximum absolute atomic E-state index is 12.7. The van der Waals surface area contributed by atoms with Gasteiger partial charge in [0, 0.05) is 6.08 Å². The molecule has 1 aromatic carbocycles. The lowest BCUT2D eigenvalue weighted by atomic mass is 10.2. The Kier molecular flexibility index (Phi) is 4.32. The van der Waals surface area contributed by atoms with Crippen molar-refractivity contribution in [1.82, 2.24) is 5.43 Å². The molecular weight excluding hydrogens is 285 g/mol. The van der Waals surface area contributed by atoms with Crippen LogP contribution in [0.2, 0.25) is 0 Å². The van der Waals surface area contributed by atoms with Gasteiger partial charge in [0.25, 0.3) is 5.91 Å². The molecule has 2 rings (SSSR count). The Morgan fingerprint density at radius 2 is 1.90 bits per heavy atom. The van der Waals surface area contributed by atoms with Gasteiger partial charge in [-0.15, -0.1) is 0 Å². The van der Waals surface area contributed by atoms with Gasteiger partial charge in [0.05, 0.1) is 17.5 Å². The highest BCUT2D eigenvalue weighted by Gasteiger charge is 2.33. The Bertz CT molecular complexity index is 634. The number of benzene rings is 1. The number of hydrazine groups is 1. The summed E-state index contributed by atoms with van der Waals surface area (Å²) in [6.45, 7) is 0. The molecule has 0 radical (unpaired) electrons. The number of hydrogen-bond donors (Lipinski definition) is 2. The topological polar surface area (TPSA) is 54.3 Å². The van der Waals surface area contributed by atoms with Gasteiger partial charge in [-0.05, 0) is 30.3 Å². The molecule has 7 heteroatoms. The standard InChI is InChI=1S/C14H11F3N2O2/c15-14(16,17)11-5-1-2-6-12(11)18-19-13(20)8-7-10-4-3-9-21-10/h1-9,18H,(H,19,20). The summed E-state index contributed by atoms with van der Waals surface area (Å²) >= 11 is 0. The summed E-state index contributed by atoms with van der Waals surface area (Å²) in [6, 6.07) is 8.13. The maximum Gasteiger partial charge on any atom is 0.418 e. The van der Waals surface area contributed by atoms with Gasteiger partial charge in [-0.25, -0.2) is 0 Å². The number of furan rings is 1. The van der Waals surface area contributed by atoms with Gasteiger partial charge in [-0.1, -0.05) is 12.1 Å². The van der Waals surface area contributed by atoms with Crippen LogP contribution >= 0.6 is 0 Å². The maximum atomic E-state index is 12.7. The van der Waals surface area contributed by atoms with Crippen LogP contribution in [0.15, 0.2) is 53.2 Å². The zero-order valence-electron chi connectivity index (χ0n) is 10.6. The minimum Gasteiger partial charge on any atom is -0.465 e. The fourth-order valence-electron chi connectivity index (χ4n) is 1.55. The lowest BCUT2D eigenvalue weighted by molar-refractivity contribution is -0.137. The van der Waals surface area contributed by atoms with E-state index in [9.17, 15) is 18.0 Å². The Balaban J connectivity index is 1.99. The third-order valence-electron chi connectivity index (χ3n) is 2.49. The number of hydrogen-bond acceptors (Lipinski definition) is 3. The Labute approximate surface area is 118 Å². The van der Waals surface area contributed by atoms with Gasteiger partial charge in [0.2, 0.25) is 0 Å². The van der Waals surface area contributed by atoms with Crippen LogP contribution in [0, 0.1) is 0 Å². The minimum atomic E-state index is -4.50. The van der Waals surface area contributed by atoms with Gasteiger partial charge >= 0.3 is 6.18 Å². The highest BCUT2D eigenvalue weighted by Crippen LogP contribution is 2.34. The van der Waals surface area contributed by atoms with Crippen LogP contribution in [0.5, 0.6) is 0 Å². The lowest BCUT2D eigenvalue weighted by Crippen LogP contribution is -2.28. The van der Waals surface area contributed by atoms with E-state index in [-0.39, 0.29) is 5.69 Å². The average Bonchev–Trinajstić information content (AvgIpc) is 2.95. The van der Waals surface area contributed by atoms with Crippen molar-refractivity contribution in [3.8, 4) is 0 Å². The van der Waals surface area contributed by atoms with Crippen LogP contribution in [-0.2, 0) is 11.0 Å². The summed E-state index contributed by atoms with van der Waals surface area (Å²) in [4.78, 5) is 11.5. The summed E-state index contributed by atoms with van der Waals surface area (Å²) in [5.74, 6) is -0.149. The Hall–Kier alpha value is -2.70. The molecule has 1 heterocycles. The van der Waals surface area contributed by atoms with Crippen molar-refractivity contribution in [2.75, 3.05) is 5.43 Å². The van der Waals surface area contributed by atoms with E-state index in [1.165, 1.54) is 30.5 Å². The predicted octanol–water partition coefficient (Wildman–Crippen LogP) is 3.45. The van der Waals surface area contributed by atoms with Crippen molar-refractivity contribution in [3.05, 3.63) is 60.1 Å². The van der Waals surface area contributed by atoms with Crippen LogP contribution in [0.4, 0.5) is 18.9 Å². The smallest absolute Gasteiger partial charge is 0.418 e. The minimum absolute atomic E-state index is 0.232. The van der Waals surface area contributed by atoms with Gasteiger partial charge < -0.3 is 4.42 Å². The molecule has 4 nitrogen and oxygen atoms in total. The molecular formula is C14H11F3N2O2. The first-order chi connectivity index (χ1) is 9.97. The zero-order chi connectivity index (χ0) is 15.3. The summed E-state index contributed by atoms with van der Waals surface area (Å²) in [5, 5.41) is 0. The quantitative estimate of drug-likeness (QED) is 0.671. The van der Waals surface area contributed by atoms with Crippen LogP contribution in [0.25, 0.3) is 6.08 Å². The van der Waals surface area contributed by atoms with E-state index in [1.54, 1.807) is 12.1 Å². The molecule has 0 aliphatic heterocycles. The number of amides is 1. The number of anilines is 1. The molecule has 2 N–H and O–H groups in total. The summed E-state index contributed by atoms with van der Waals surface area (Å²) in [5.41, 5.74) is 3.31. The number of nitrogens with one attached hydrogen (secondary N) is 2. The van der Waals surface area contributed by atoms with Gasteiger partial charge in [0.15, 0.2) is 0 Å². The number of alkyl halides is 3. The zero-order valence-corrected chi connectivity index (χ0v) is 10.6. The number of rotatable bonds is 4. The SMILES string of the molecule is O=C(C=Cc1ccco1)NNc1ccccc1C(F)(F)F. The molecule has 0 aliphatic rings. The van der Waals surface area contributed by atoms with Crippen molar-refractivity contribution < 1.29 is 22.4 Å². The van der Waals surface area contributed by atoms with E-state index in [0.29, 0.717) is 5.76 Å². The fraction of sp³-hybridized carbons (Fsp3) is 0.0714. The van der Waals surface area contributed by atoms with Crippen molar-refractivity contribution in [2.45, 2.75) is 6.18 Å². The molecule has 0 saturated carbocycles. The first kappa shape index (κ1) is 14.7. The van der Waals surface area contributed by atoms with E-state index in [1.807, 2.05) is 0 Å². The summed E-state index contributed by atoms with van der Waals surface area (Å²) in [6.07, 6.45) is -0.525. The second-order valence-electron chi connectivity index (χ2n) is 4.01. The van der Waals surface area contributed by atoms with Crippen molar-refractivity contribution in [1.29, 1.82) is 0 Å². The molecule has 21 heavy (non-hydrogen) atoms. The van der Waals surface area contributed by atoms with Gasteiger partial charge in [0.1, 0.15) is 5.76 Å². The Morgan fingerprint density at radius 1 is 1.14 bits per heavy atom. The second kappa shape index (κ2) is 6.17. The molecule has 0 unspecified atom stereocenters. The van der Waals surface area contributed by atoms with Crippen molar-refractivity contribution >= 4 is 17.7 Å². The highest BCUT2D eigenvalue weighted by atomic mass is 19.4. The van der Waals surface area contributed by atoms with Gasteiger partial charge in [-0.2, -0.15) is 13.2 Å². The first-order valence-electron chi connectivity index (χ1n) is 5.90. The second-order valence-corrected chi connectivity index (χ2v) is 4.01. The fourth-order valence-corrected chi connectivity index (χ4v) is 1.55. The van der Waals surface area contributed by atoms with Crippen molar-refractivity contribution in [2.24, 2.45) is 0 Å². The molecule has 0 saturated heterocycles. The van der Waals surface area contributed by atoms with E-state index in [2.05, 4.69) is 10.9 Å². The highest BCUT2D eigenvalue weighted by molar-refractivity contribution is 5.92. The predicted molar refractivity (Wildman–Crippen MR) is 71.0 cm³/mol. The average molecular weight is 296 g/mol. The normalized spacial score (nSPS) is 11.6. The molecule has 0 bridgehead atoms. The third kappa shape index (κ3) is 4.13. The van der Waals surface area contributed by atoms with E-state index in [4.69, 9.17) is 4.42 Å². The van der Waals surface area contributed by atoms with Crippen LogP contribution in [0.1, 0.15) is 11.3 Å². The number of para-hydroxylation sites is 1. The monoisotopic (exact) mass is 296 g/mol. The van der Waals surface area contributed by atoms with E-state index < -0.39 is 17.6 Å². The molecule has 0 aliphatic carbocycles. The van der Waals surface area contributed by atoms with Crippen LogP contribution in [-0.4, -0.2) is 5.91 Å². The number of halogens is 3. The van der Waals surface area contributed by atoms with Crippen LogP contribution in [0.3, 0.4) is 0 Å². The third-order valence-corrected chi connectivity index (χ3v) is 2.49. The number of carbonyl (C=O) groups is 1. The van der Waals surface area contributed by atoms with E-state index in [0.717, 1.165) is 12.1 Å². The van der Waals surface area contributed by atoms with E-state index >= 15 is 0 Å². The Morgan fingerprint density at radius 3 is 2.57 bits per heavy atom. The molecule has 0 fully saturated rings. The molecule has 110 valence electrons. The molecule has 0 atom stereocenters. The van der Waals surface area contributed by atoms with Gasteiger partial charge in [-0.3, -0.25) is 15.6 Å².